The van der Waals surface area contributed by atoms with Gasteiger partial charge in [0, 0.05) is 11.1 Å². The maximum atomic E-state index is 13.0. The van der Waals surface area contributed by atoms with Crippen LogP contribution < -0.4 is 14.2 Å². The van der Waals surface area contributed by atoms with Crippen LogP contribution in [0.2, 0.25) is 0 Å². The molecule has 0 saturated carbocycles. The summed E-state index contributed by atoms with van der Waals surface area (Å²) in [5.41, 5.74) is 3.25. The molecule has 0 radical (unpaired) electrons. The Labute approximate surface area is 279 Å². The predicted molar refractivity (Wildman–Crippen MR) is 186 cm³/mol. The average Bonchev–Trinajstić information content (AvgIpc) is 3.15. The van der Waals surface area contributed by atoms with E-state index in [9.17, 15) is 14.4 Å². The summed E-state index contributed by atoms with van der Waals surface area (Å²) in [6, 6.07) is 39.2. The fraction of sp³-hybridized carbons (Fsp3) is 0.0976. The van der Waals surface area contributed by atoms with Crippen molar-refractivity contribution in [3.8, 4) is 17.2 Å². The van der Waals surface area contributed by atoms with Gasteiger partial charge in [0.15, 0.2) is 17.7 Å². The zero-order valence-corrected chi connectivity index (χ0v) is 26.4. The van der Waals surface area contributed by atoms with Crippen LogP contribution in [0.25, 0.3) is 12.2 Å². The van der Waals surface area contributed by atoms with E-state index in [1.165, 1.54) is 12.2 Å². The van der Waals surface area contributed by atoms with Crippen molar-refractivity contribution in [2.45, 2.75) is 6.10 Å². The standard InChI is InChI=1S/C41H34O7/c1-45-35-22-18-34(19-23-35)41(44)48-38(28-46-36-20-12-31(13-21-36)15-27-39(42)32-10-6-3-7-11-32)29-47-37-24-16-33(17-25-37)40(43)26-14-30-8-4-2-5-9-30/h2-27,38H,28-29H2,1H3/b26-14+,27-15-/t38-/m0/s1. The molecule has 0 aliphatic rings. The average molecular weight is 639 g/mol. The lowest BCUT2D eigenvalue weighted by molar-refractivity contribution is 0.00257. The first-order valence-corrected chi connectivity index (χ1v) is 15.3. The first kappa shape index (κ1) is 33.2. The Hall–Kier alpha value is -6.21. The molecule has 0 spiro atoms. The van der Waals surface area contributed by atoms with Crippen LogP contribution >= 0.6 is 0 Å². The fourth-order valence-corrected chi connectivity index (χ4v) is 4.53. The smallest absolute Gasteiger partial charge is 0.338 e. The molecule has 0 fully saturated rings. The van der Waals surface area contributed by atoms with Gasteiger partial charge >= 0.3 is 5.97 Å². The summed E-state index contributed by atoms with van der Waals surface area (Å²) in [4.78, 5) is 38.0. The molecule has 5 rings (SSSR count). The number of carbonyl (C=O) groups excluding carboxylic acids is 3. The second-order valence-electron chi connectivity index (χ2n) is 10.6. The second kappa shape index (κ2) is 16.9. The van der Waals surface area contributed by atoms with Gasteiger partial charge < -0.3 is 18.9 Å². The molecule has 0 bridgehead atoms. The topological polar surface area (TPSA) is 88.1 Å². The van der Waals surface area contributed by atoms with Crippen molar-refractivity contribution in [3.05, 3.63) is 173 Å². The lowest BCUT2D eigenvalue weighted by atomic mass is 10.1. The lowest BCUT2D eigenvalue weighted by Crippen LogP contribution is -2.31. The Morgan fingerprint density at radius 1 is 0.521 bits per heavy atom. The Balaban J connectivity index is 1.20. The van der Waals surface area contributed by atoms with Crippen molar-refractivity contribution in [3.63, 3.8) is 0 Å². The lowest BCUT2D eigenvalue weighted by Gasteiger charge is -2.19. The number of esters is 1. The number of carbonyl (C=O) groups is 3. The molecular weight excluding hydrogens is 604 g/mol. The summed E-state index contributed by atoms with van der Waals surface area (Å²) in [5.74, 6) is 0.927. The molecule has 0 amide bonds. The Kier molecular flexibility index (Phi) is 11.7. The number of benzene rings is 5. The predicted octanol–water partition coefficient (Wildman–Crippen LogP) is 8.17. The highest BCUT2D eigenvalue weighted by molar-refractivity contribution is 6.07. The van der Waals surface area contributed by atoms with Crippen molar-refractivity contribution in [1.29, 1.82) is 0 Å². The minimum atomic E-state index is -0.766. The van der Waals surface area contributed by atoms with Crippen molar-refractivity contribution < 1.29 is 33.3 Å². The third-order valence-electron chi connectivity index (χ3n) is 7.20. The van der Waals surface area contributed by atoms with Crippen LogP contribution in [0.1, 0.15) is 42.2 Å². The minimum Gasteiger partial charge on any atom is -0.497 e. The zero-order chi connectivity index (χ0) is 33.6. The van der Waals surface area contributed by atoms with Gasteiger partial charge in [0.25, 0.3) is 0 Å². The van der Waals surface area contributed by atoms with Crippen molar-refractivity contribution in [2.75, 3.05) is 20.3 Å². The Bertz CT molecular complexity index is 1840. The first-order valence-electron chi connectivity index (χ1n) is 15.3. The van der Waals surface area contributed by atoms with Crippen LogP contribution in [0, 0.1) is 0 Å². The number of rotatable bonds is 15. The maximum absolute atomic E-state index is 13.0. The van der Waals surface area contributed by atoms with Crippen molar-refractivity contribution in [2.24, 2.45) is 0 Å². The molecule has 5 aromatic carbocycles. The largest absolute Gasteiger partial charge is 0.497 e. The molecule has 7 heteroatoms. The van der Waals surface area contributed by atoms with Gasteiger partial charge in [-0.1, -0.05) is 84.9 Å². The molecule has 0 aromatic heterocycles. The van der Waals surface area contributed by atoms with Crippen molar-refractivity contribution >= 4 is 29.7 Å². The van der Waals surface area contributed by atoms with Gasteiger partial charge in [0.2, 0.25) is 0 Å². The van der Waals surface area contributed by atoms with E-state index in [0.717, 1.165) is 11.1 Å². The number of hydrogen-bond acceptors (Lipinski definition) is 7. The molecular formula is C41H34O7. The van der Waals surface area contributed by atoms with Gasteiger partial charge in [-0.15, -0.1) is 0 Å². The van der Waals surface area contributed by atoms with E-state index in [0.29, 0.717) is 33.9 Å². The zero-order valence-electron chi connectivity index (χ0n) is 26.4. The molecule has 48 heavy (non-hydrogen) atoms. The first-order chi connectivity index (χ1) is 23.5. The van der Waals surface area contributed by atoms with Crippen LogP contribution in [0.15, 0.2) is 146 Å². The third kappa shape index (κ3) is 9.89. The van der Waals surface area contributed by atoms with Gasteiger partial charge in [0.1, 0.15) is 30.5 Å². The summed E-state index contributed by atoms with van der Waals surface area (Å²) in [7, 11) is 1.55. The summed E-state index contributed by atoms with van der Waals surface area (Å²) >= 11 is 0. The van der Waals surface area contributed by atoms with Crippen LogP contribution in [0.5, 0.6) is 17.2 Å². The van der Waals surface area contributed by atoms with Gasteiger partial charge in [-0.05, 0) is 83.9 Å². The van der Waals surface area contributed by atoms with Gasteiger partial charge in [0.05, 0.1) is 12.7 Å². The Morgan fingerprint density at radius 3 is 1.50 bits per heavy atom. The third-order valence-corrected chi connectivity index (χ3v) is 7.20. The molecule has 1 atom stereocenters. The van der Waals surface area contributed by atoms with Crippen LogP contribution in [-0.4, -0.2) is 44.0 Å². The maximum Gasteiger partial charge on any atom is 0.338 e. The van der Waals surface area contributed by atoms with Gasteiger partial charge in [-0.25, -0.2) is 4.79 Å². The summed E-state index contributed by atoms with van der Waals surface area (Å²) in [5, 5.41) is 0. The number of hydrogen-bond donors (Lipinski definition) is 0. The van der Waals surface area contributed by atoms with Crippen molar-refractivity contribution in [1.82, 2.24) is 0 Å². The highest BCUT2D eigenvalue weighted by Crippen LogP contribution is 2.18. The monoisotopic (exact) mass is 638 g/mol. The van der Waals surface area contributed by atoms with E-state index in [2.05, 4.69) is 0 Å². The normalized spacial score (nSPS) is 11.6. The molecule has 5 aromatic rings. The van der Waals surface area contributed by atoms with E-state index in [-0.39, 0.29) is 24.8 Å². The molecule has 0 saturated heterocycles. The van der Waals surface area contributed by atoms with Crippen LogP contribution in [0.3, 0.4) is 0 Å². The number of methoxy groups -OCH3 is 1. The van der Waals surface area contributed by atoms with E-state index >= 15 is 0 Å². The van der Waals surface area contributed by atoms with Crippen LogP contribution in [0.4, 0.5) is 0 Å². The molecule has 0 N–H and O–H groups in total. The minimum absolute atomic E-state index is 0.00547. The van der Waals surface area contributed by atoms with E-state index < -0.39 is 12.1 Å². The number of ether oxygens (including phenoxy) is 4. The van der Waals surface area contributed by atoms with E-state index in [4.69, 9.17) is 18.9 Å². The summed E-state index contributed by atoms with van der Waals surface area (Å²) in [6.45, 7) is 0.0238. The molecule has 0 aliphatic heterocycles. The molecule has 0 aliphatic carbocycles. The SMILES string of the molecule is COc1ccc(C(=O)O[C@@H](COc2ccc(/C=C\C(=O)c3ccccc3)cc2)COc2ccc(C(=O)/C=C/c3ccccc3)cc2)cc1. The number of ketones is 2. The molecule has 240 valence electrons. The van der Waals surface area contributed by atoms with E-state index in [1.54, 1.807) is 92.1 Å². The van der Waals surface area contributed by atoms with Gasteiger partial charge in [-0.2, -0.15) is 0 Å². The summed E-state index contributed by atoms with van der Waals surface area (Å²) in [6.07, 6.45) is 5.81. The summed E-state index contributed by atoms with van der Waals surface area (Å²) < 4.78 is 22.9. The quantitative estimate of drug-likeness (QED) is 0.0649. The molecule has 7 nitrogen and oxygen atoms in total. The molecule has 0 unspecified atom stereocenters. The molecule has 0 heterocycles. The van der Waals surface area contributed by atoms with E-state index in [1.807, 2.05) is 60.7 Å². The highest BCUT2D eigenvalue weighted by atomic mass is 16.6. The Morgan fingerprint density at radius 2 is 0.958 bits per heavy atom. The highest BCUT2D eigenvalue weighted by Gasteiger charge is 2.19. The van der Waals surface area contributed by atoms with Crippen LogP contribution in [-0.2, 0) is 4.74 Å². The fourth-order valence-electron chi connectivity index (χ4n) is 4.53. The number of allylic oxidation sites excluding steroid dienone is 2. The van der Waals surface area contributed by atoms with Gasteiger partial charge in [-0.3, -0.25) is 9.59 Å². The second-order valence-corrected chi connectivity index (χ2v) is 10.6.